The topological polar surface area (TPSA) is 75.9 Å². The minimum Gasteiger partial charge on any atom is -0.377 e. The third kappa shape index (κ3) is 3.67. The van der Waals surface area contributed by atoms with Gasteiger partial charge in [-0.05, 0) is 66.1 Å². The number of aromatic nitrogens is 4. The van der Waals surface area contributed by atoms with Crippen LogP contribution in [0.1, 0.15) is 34.6 Å². The van der Waals surface area contributed by atoms with E-state index in [0.717, 1.165) is 54.3 Å². The Morgan fingerprint density at radius 1 is 1.11 bits per heavy atom. The van der Waals surface area contributed by atoms with Gasteiger partial charge in [0.2, 0.25) is 0 Å². The number of nitrogens with one attached hydrogen (secondary N) is 1. The Labute approximate surface area is 158 Å². The number of likely N-dealkylation sites (tertiary alicyclic amines) is 1. The summed E-state index contributed by atoms with van der Waals surface area (Å²) in [6.45, 7) is 4.21. The van der Waals surface area contributed by atoms with Crippen LogP contribution in [0, 0.1) is 6.92 Å². The van der Waals surface area contributed by atoms with Gasteiger partial charge in [-0.3, -0.25) is 4.79 Å². The van der Waals surface area contributed by atoms with Gasteiger partial charge in [0.15, 0.2) is 5.82 Å². The third-order valence-electron chi connectivity index (χ3n) is 4.84. The Morgan fingerprint density at radius 2 is 1.89 bits per heavy atom. The molecule has 27 heavy (non-hydrogen) atoms. The first-order valence-electron chi connectivity index (χ1n) is 9.19. The highest BCUT2D eigenvalue weighted by molar-refractivity contribution is 5.95. The highest BCUT2D eigenvalue weighted by atomic mass is 16.2. The second-order valence-corrected chi connectivity index (χ2v) is 6.73. The summed E-state index contributed by atoms with van der Waals surface area (Å²) >= 11 is 0. The summed E-state index contributed by atoms with van der Waals surface area (Å²) in [4.78, 5) is 14.5. The molecule has 7 nitrogen and oxygen atoms in total. The zero-order chi connectivity index (χ0) is 18.6. The Hall–Kier alpha value is -3.22. The molecule has 0 bridgehead atoms. The maximum atomic E-state index is 12.5. The molecule has 4 rings (SSSR count). The van der Waals surface area contributed by atoms with Crippen LogP contribution in [-0.2, 0) is 6.54 Å². The molecular formula is C20H22N6O. The maximum Gasteiger partial charge on any atom is 0.253 e. The normalized spacial score (nSPS) is 13.7. The van der Waals surface area contributed by atoms with Gasteiger partial charge in [0.25, 0.3) is 5.91 Å². The number of nitrogens with zero attached hydrogens (tertiary/aromatic N) is 5. The minimum absolute atomic E-state index is 0.121. The van der Waals surface area contributed by atoms with E-state index in [4.69, 9.17) is 0 Å². The number of anilines is 1. The molecule has 0 atom stereocenters. The quantitative estimate of drug-likeness (QED) is 0.755. The molecule has 1 aliphatic rings. The number of carbonyl (C=O) groups excluding carboxylic acids is 1. The molecule has 1 amide bonds. The molecule has 2 aromatic carbocycles. The molecular weight excluding hydrogens is 340 g/mol. The van der Waals surface area contributed by atoms with Crippen molar-refractivity contribution in [3.63, 3.8) is 0 Å². The lowest BCUT2D eigenvalue weighted by Gasteiger charge is -2.16. The standard InChI is InChI=1S/C20H22N6O/c1-15-13-16(20(27)25-11-5-6-12-25)9-10-18(15)21-14-19-22-23-24-26(19)17-7-3-2-4-8-17/h2-4,7-10,13,21H,5-6,11-12,14H2,1H3. The number of tetrazole rings is 1. The maximum absolute atomic E-state index is 12.5. The van der Waals surface area contributed by atoms with Crippen molar-refractivity contribution in [2.24, 2.45) is 0 Å². The smallest absolute Gasteiger partial charge is 0.253 e. The zero-order valence-corrected chi connectivity index (χ0v) is 15.3. The number of aryl methyl sites for hydroxylation is 1. The highest BCUT2D eigenvalue weighted by Gasteiger charge is 2.19. The molecule has 1 N–H and O–H groups in total. The van der Waals surface area contributed by atoms with Crippen molar-refractivity contribution in [3.05, 3.63) is 65.5 Å². The van der Waals surface area contributed by atoms with E-state index >= 15 is 0 Å². The van der Waals surface area contributed by atoms with E-state index in [0.29, 0.717) is 6.54 Å². The summed E-state index contributed by atoms with van der Waals surface area (Å²) in [5, 5.41) is 15.3. The molecule has 0 radical (unpaired) electrons. The largest absolute Gasteiger partial charge is 0.377 e. The molecule has 0 saturated carbocycles. The van der Waals surface area contributed by atoms with E-state index < -0.39 is 0 Å². The lowest BCUT2D eigenvalue weighted by atomic mass is 10.1. The Bertz CT molecular complexity index is 931. The van der Waals surface area contributed by atoms with Gasteiger partial charge in [0.1, 0.15) is 0 Å². The predicted molar refractivity (Wildman–Crippen MR) is 103 cm³/mol. The summed E-state index contributed by atoms with van der Waals surface area (Å²) in [5.74, 6) is 0.841. The van der Waals surface area contributed by atoms with Crippen molar-refractivity contribution in [2.45, 2.75) is 26.3 Å². The fourth-order valence-corrected chi connectivity index (χ4v) is 3.36. The number of para-hydroxylation sites is 1. The van der Waals surface area contributed by atoms with Crippen LogP contribution in [0.2, 0.25) is 0 Å². The molecule has 0 unspecified atom stereocenters. The van der Waals surface area contributed by atoms with Crippen molar-refractivity contribution < 1.29 is 4.79 Å². The number of rotatable bonds is 5. The van der Waals surface area contributed by atoms with Crippen LogP contribution in [0.5, 0.6) is 0 Å². The summed E-state index contributed by atoms with van der Waals surface area (Å²) in [7, 11) is 0. The van der Waals surface area contributed by atoms with Crippen molar-refractivity contribution >= 4 is 11.6 Å². The van der Waals surface area contributed by atoms with Crippen LogP contribution < -0.4 is 5.32 Å². The van der Waals surface area contributed by atoms with Crippen molar-refractivity contribution in [1.29, 1.82) is 0 Å². The van der Waals surface area contributed by atoms with Crippen LogP contribution in [-0.4, -0.2) is 44.1 Å². The SMILES string of the molecule is Cc1cc(C(=O)N2CCCC2)ccc1NCc1nnnn1-c1ccccc1. The molecule has 1 aliphatic heterocycles. The van der Waals surface area contributed by atoms with Crippen LogP contribution in [0.3, 0.4) is 0 Å². The van der Waals surface area contributed by atoms with Gasteiger partial charge in [-0.2, -0.15) is 4.68 Å². The monoisotopic (exact) mass is 362 g/mol. The second-order valence-electron chi connectivity index (χ2n) is 6.73. The fourth-order valence-electron chi connectivity index (χ4n) is 3.36. The lowest BCUT2D eigenvalue weighted by molar-refractivity contribution is 0.0793. The summed E-state index contributed by atoms with van der Waals surface area (Å²) in [6, 6.07) is 15.6. The van der Waals surface area contributed by atoms with Crippen molar-refractivity contribution in [3.8, 4) is 5.69 Å². The van der Waals surface area contributed by atoms with Crippen LogP contribution in [0.25, 0.3) is 5.69 Å². The average molecular weight is 362 g/mol. The van der Waals surface area contributed by atoms with Gasteiger partial charge in [0.05, 0.1) is 12.2 Å². The third-order valence-corrected chi connectivity index (χ3v) is 4.84. The van der Waals surface area contributed by atoms with Gasteiger partial charge in [-0.25, -0.2) is 0 Å². The highest BCUT2D eigenvalue weighted by Crippen LogP contribution is 2.20. The Kier molecular flexibility index (Phi) is 4.82. The molecule has 1 aromatic heterocycles. The van der Waals surface area contributed by atoms with Gasteiger partial charge in [-0.15, -0.1) is 5.10 Å². The number of carbonyl (C=O) groups is 1. The minimum atomic E-state index is 0.121. The van der Waals surface area contributed by atoms with E-state index in [1.54, 1.807) is 4.68 Å². The Morgan fingerprint density at radius 3 is 2.63 bits per heavy atom. The Balaban J connectivity index is 1.46. The number of hydrogen-bond acceptors (Lipinski definition) is 5. The summed E-state index contributed by atoms with van der Waals surface area (Å²) in [5.41, 5.74) is 3.66. The molecule has 0 spiro atoms. The van der Waals surface area contributed by atoms with Crippen LogP contribution >= 0.6 is 0 Å². The second kappa shape index (κ2) is 7.57. The average Bonchev–Trinajstić information content (AvgIpc) is 3.39. The van der Waals surface area contributed by atoms with E-state index in [1.165, 1.54) is 0 Å². The number of hydrogen-bond donors (Lipinski definition) is 1. The van der Waals surface area contributed by atoms with Crippen LogP contribution in [0.15, 0.2) is 48.5 Å². The van der Waals surface area contributed by atoms with E-state index in [9.17, 15) is 4.79 Å². The van der Waals surface area contributed by atoms with Crippen molar-refractivity contribution in [1.82, 2.24) is 25.1 Å². The van der Waals surface area contributed by atoms with Crippen LogP contribution in [0.4, 0.5) is 5.69 Å². The van der Waals surface area contributed by atoms with E-state index in [2.05, 4.69) is 20.8 Å². The molecule has 1 saturated heterocycles. The lowest BCUT2D eigenvalue weighted by Crippen LogP contribution is -2.27. The summed E-state index contributed by atoms with van der Waals surface area (Å²) < 4.78 is 1.72. The molecule has 0 aliphatic carbocycles. The van der Waals surface area contributed by atoms with E-state index in [-0.39, 0.29) is 5.91 Å². The molecule has 1 fully saturated rings. The first-order valence-corrected chi connectivity index (χ1v) is 9.19. The van der Waals surface area contributed by atoms with Gasteiger partial charge >= 0.3 is 0 Å². The first-order chi connectivity index (χ1) is 13.2. The number of amides is 1. The predicted octanol–water partition coefficient (Wildman–Crippen LogP) is 2.82. The number of benzene rings is 2. The van der Waals surface area contributed by atoms with E-state index in [1.807, 2.05) is 60.4 Å². The molecule has 7 heteroatoms. The van der Waals surface area contributed by atoms with Gasteiger partial charge < -0.3 is 10.2 Å². The van der Waals surface area contributed by atoms with Gasteiger partial charge in [0, 0.05) is 24.3 Å². The molecule has 138 valence electrons. The molecule has 3 aromatic rings. The molecule has 2 heterocycles. The van der Waals surface area contributed by atoms with Gasteiger partial charge in [-0.1, -0.05) is 18.2 Å². The zero-order valence-electron chi connectivity index (χ0n) is 15.3. The van der Waals surface area contributed by atoms with Crippen molar-refractivity contribution in [2.75, 3.05) is 18.4 Å². The summed E-state index contributed by atoms with van der Waals surface area (Å²) in [6.07, 6.45) is 2.20. The fraction of sp³-hybridized carbons (Fsp3) is 0.300. The first kappa shape index (κ1) is 17.2.